The number of methoxy groups -OCH3 is 1. The quantitative estimate of drug-likeness (QED) is 0.846. The van der Waals surface area contributed by atoms with Gasteiger partial charge in [-0.1, -0.05) is 12.1 Å². The predicted molar refractivity (Wildman–Crippen MR) is 77.3 cm³/mol. The van der Waals surface area contributed by atoms with Crippen LogP contribution in [0.2, 0.25) is 0 Å². The van der Waals surface area contributed by atoms with E-state index in [1.165, 1.54) is 19.2 Å². The van der Waals surface area contributed by atoms with Crippen LogP contribution < -0.4 is 5.73 Å². The summed E-state index contributed by atoms with van der Waals surface area (Å²) in [6, 6.07) is 5.86. The summed E-state index contributed by atoms with van der Waals surface area (Å²) in [5.41, 5.74) is 5.60. The molecule has 1 aromatic carbocycles. The molecule has 0 saturated carbocycles. The van der Waals surface area contributed by atoms with Gasteiger partial charge in [0, 0.05) is 6.54 Å². The Kier molecular flexibility index (Phi) is 4.96. The highest BCUT2D eigenvalue weighted by atomic mass is 19.1. The Labute approximate surface area is 124 Å². The van der Waals surface area contributed by atoms with Gasteiger partial charge < -0.3 is 15.2 Å². The molecule has 0 radical (unpaired) electrons. The van der Waals surface area contributed by atoms with Crippen molar-refractivity contribution in [3.05, 3.63) is 35.6 Å². The Balaban J connectivity index is 2.33. The first kappa shape index (κ1) is 15.9. The van der Waals surface area contributed by atoms with Crippen LogP contribution in [0.5, 0.6) is 0 Å². The second-order valence-electron chi connectivity index (χ2n) is 5.63. The zero-order valence-corrected chi connectivity index (χ0v) is 12.5. The fourth-order valence-corrected chi connectivity index (χ4v) is 2.99. The number of carbonyl (C=O) groups is 1. The number of hydrogen-bond acceptors (Lipinski definition) is 4. The normalized spacial score (nSPS) is 24.6. The minimum atomic E-state index is -0.989. The Morgan fingerprint density at radius 3 is 2.57 bits per heavy atom. The Bertz CT molecular complexity index is 491. The molecule has 0 amide bonds. The molecule has 2 N–H and O–H groups in total. The molecule has 1 aromatic rings. The van der Waals surface area contributed by atoms with E-state index in [4.69, 9.17) is 15.2 Å². The molecule has 3 unspecified atom stereocenters. The van der Waals surface area contributed by atoms with Gasteiger partial charge in [-0.3, -0.25) is 4.79 Å². The Hall–Kier alpha value is -1.46. The van der Waals surface area contributed by atoms with Crippen LogP contribution in [0, 0.1) is 5.82 Å². The van der Waals surface area contributed by atoms with Crippen LogP contribution in [0.15, 0.2) is 24.3 Å². The van der Waals surface area contributed by atoms with Crippen molar-refractivity contribution in [2.45, 2.75) is 43.8 Å². The summed E-state index contributed by atoms with van der Waals surface area (Å²) in [5, 5.41) is 0. The van der Waals surface area contributed by atoms with Crippen molar-refractivity contribution in [2.24, 2.45) is 5.73 Å². The molecule has 0 aromatic heterocycles. The Morgan fingerprint density at radius 1 is 1.43 bits per heavy atom. The SMILES string of the molecule is COC(=O)C(CN)(CC1CCC(C)O1)c1ccc(F)cc1. The lowest BCUT2D eigenvalue weighted by Gasteiger charge is -2.32. The Morgan fingerprint density at radius 2 is 2.10 bits per heavy atom. The predicted octanol–water partition coefficient (Wildman–Crippen LogP) is 2.15. The maximum Gasteiger partial charge on any atom is 0.317 e. The van der Waals surface area contributed by atoms with Gasteiger partial charge in [-0.15, -0.1) is 0 Å². The molecular formula is C16H22FNO3. The first-order chi connectivity index (χ1) is 10.0. The number of nitrogens with two attached hydrogens (primary N) is 1. The average molecular weight is 295 g/mol. The third kappa shape index (κ3) is 3.24. The van der Waals surface area contributed by atoms with E-state index in [0.29, 0.717) is 12.0 Å². The van der Waals surface area contributed by atoms with Crippen molar-refractivity contribution >= 4 is 5.97 Å². The monoisotopic (exact) mass is 295 g/mol. The van der Waals surface area contributed by atoms with Gasteiger partial charge in [0.1, 0.15) is 11.2 Å². The maximum absolute atomic E-state index is 13.1. The lowest BCUT2D eigenvalue weighted by molar-refractivity contribution is -0.149. The fourth-order valence-electron chi connectivity index (χ4n) is 2.99. The molecule has 0 spiro atoms. The van der Waals surface area contributed by atoms with Crippen molar-refractivity contribution < 1.29 is 18.7 Å². The first-order valence-corrected chi connectivity index (χ1v) is 7.22. The molecule has 1 fully saturated rings. The van der Waals surface area contributed by atoms with Crippen molar-refractivity contribution in [2.75, 3.05) is 13.7 Å². The van der Waals surface area contributed by atoms with E-state index in [-0.39, 0.29) is 24.6 Å². The zero-order valence-electron chi connectivity index (χ0n) is 12.5. The second kappa shape index (κ2) is 6.54. The van der Waals surface area contributed by atoms with E-state index in [9.17, 15) is 9.18 Å². The standard InChI is InChI=1S/C16H22FNO3/c1-11-3-8-14(21-11)9-16(10-18,15(19)20-2)12-4-6-13(17)7-5-12/h4-7,11,14H,3,8-10,18H2,1-2H3. The summed E-state index contributed by atoms with van der Waals surface area (Å²) in [6.07, 6.45) is 2.47. The van der Waals surface area contributed by atoms with Gasteiger partial charge in [-0.05, 0) is 43.9 Å². The fraction of sp³-hybridized carbons (Fsp3) is 0.562. The van der Waals surface area contributed by atoms with Crippen LogP contribution in [0.1, 0.15) is 31.7 Å². The summed E-state index contributed by atoms with van der Waals surface area (Å²) in [4.78, 5) is 12.4. The molecule has 1 aliphatic rings. The lowest BCUT2D eigenvalue weighted by atomic mass is 9.75. The highest BCUT2D eigenvalue weighted by Gasteiger charge is 2.43. The number of benzene rings is 1. The summed E-state index contributed by atoms with van der Waals surface area (Å²) in [7, 11) is 1.34. The van der Waals surface area contributed by atoms with Gasteiger partial charge in [0.15, 0.2) is 0 Å². The average Bonchev–Trinajstić information content (AvgIpc) is 2.90. The van der Waals surface area contributed by atoms with Gasteiger partial charge in [-0.25, -0.2) is 4.39 Å². The second-order valence-corrected chi connectivity index (χ2v) is 5.63. The van der Waals surface area contributed by atoms with Crippen LogP contribution in [-0.2, 0) is 19.7 Å². The number of carbonyl (C=O) groups excluding carboxylic acids is 1. The minimum absolute atomic E-state index is 0.0345. The van der Waals surface area contributed by atoms with Gasteiger partial charge in [0.25, 0.3) is 0 Å². The van der Waals surface area contributed by atoms with Crippen molar-refractivity contribution in [1.29, 1.82) is 0 Å². The van der Waals surface area contributed by atoms with E-state index in [0.717, 1.165) is 12.8 Å². The number of hydrogen-bond donors (Lipinski definition) is 1. The molecule has 1 aliphatic heterocycles. The van der Waals surface area contributed by atoms with Crippen LogP contribution in [0.25, 0.3) is 0 Å². The van der Waals surface area contributed by atoms with Crippen molar-refractivity contribution in [3.8, 4) is 0 Å². The van der Waals surface area contributed by atoms with Crippen LogP contribution in [0.3, 0.4) is 0 Å². The molecule has 2 rings (SSSR count). The van der Waals surface area contributed by atoms with E-state index in [1.807, 2.05) is 6.92 Å². The third-order valence-electron chi connectivity index (χ3n) is 4.22. The summed E-state index contributed by atoms with van der Waals surface area (Å²) < 4.78 is 23.9. The van der Waals surface area contributed by atoms with E-state index in [1.54, 1.807) is 12.1 Å². The van der Waals surface area contributed by atoms with Gasteiger partial charge >= 0.3 is 5.97 Å². The largest absolute Gasteiger partial charge is 0.468 e. The smallest absolute Gasteiger partial charge is 0.317 e. The van der Waals surface area contributed by atoms with Crippen LogP contribution in [-0.4, -0.2) is 31.8 Å². The summed E-state index contributed by atoms with van der Waals surface area (Å²) in [6.45, 7) is 2.11. The lowest BCUT2D eigenvalue weighted by Crippen LogP contribution is -2.46. The summed E-state index contributed by atoms with van der Waals surface area (Å²) in [5.74, 6) is -0.750. The van der Waals surface area contributed by atoms with Gasteiger partial charge in [0.2, 0.25) is 0 Å². The molecule has 116 valence electrons. The molecular weight excluding hydrogens is 273 g/mol. The first-order valence-electron chi connectivity index (χ1n) is 7.22. The highest BCUT2D eigenvalue weighted by molar-refractivity contribution is 5.83. The molecule has 0 aliphatic carbocycles. The summed E-state index contributed by atoms with van der Waals surface area (Å²) >= 11 is 0. The molecule has 21 heavy (non-hydrogen) atoms. The minimum Gasteiger partial charge on any atom is -0.468 e. The maximum atomic E-state index is 13.1. The van der Waals surface area contributed by atoms with Crippen molar-refractivity contribution in [3.63, 3.8) is 0 Å². The third-order valence-corrected chi connectivity index (χ3v) is 4.22. The highest BCUT2D eigenvalue weighted by Crippen LogP contribution is 2.35. The van der Waals surface area contributed by atoms with E-state index >= 15 is 0 Å². The molecule has 5 heteroatoms. The number of esters is 1. The van der Waals surface area contributed by atoms with Crippen LogP contribution in [0.4, 0.5) is 4.39 Å². The van der Waals surface area contributed by atoms with E-state index in [2.05, 4.69) is 0 Å². The van der Waals surface area contributed by atoms with Gasteiger partial charge in [0.05, 0.1) is 19.3 Å². The molecule has 4 nitrogen and oxygen atoms in total. The molecule has 3 atom stereocenters. The zero-order chi connectivity index (χ0) is 15.5. The van der Waals surface area contributed by atoms with E-state index < -0.39 is 11.4 Å². The number of ether oxygens (including phenoxy) is 2. The number of halogens is 1. The topological polar surface area (TPSA) is 61.5 Å². The van der Waals surface area contributed by atoms with Crippen molar-refractivity contribution in [1.82, 2.24) is 0 Å². The molecule has 1 heterocycles. The molecule has 1 saturated heterocycles. The van der Waals surface area contributed by atoms with Gasteiger partial charge in [-0.2, -0.15) is 0 Å². The molecule has 0 bridgehead atoms. The van der Waals surface area contributed by atoms with Crippen LogP contribution >= 0.6 is 0 Å². The number of rotatable bonds is 5.